The zero-order valence-electron chi connectivity index (χ0n) is 24.3. The van der Waals surface area contributed by atoms with E-state index >= 15 is 0 Å². The van der Waals surface area contributed by atoms with Gasteiger partial charge in [0.1, 0.15) is 5.82 Å². The van der Waals surface area contributed by atoms with Crippen LogP contribution in [0.1, 0.15) is 35.3 Å². The van der Waals surface area contributed by atoms with Crippen LogP contribution in [0, 0.1) is 11.7 Å². The number of pyridine rings is 1. The molecular weight excluding hydrogens is 589 g/mol. The van der Waals surface area contributed by atoms with Crippen LogP contribution < -0.4 is 15.2 Å². The monoisotopic (exact) mass is 623 g/mol. The molecule has 2 aromatic carbocycles. The number of hydrogen-bond donors (Lipinski definition) is 1. The van der Waals surface area contributed by atoms with Gasteiger partial charge in [0.2, 0.25) is 0 Å². The van der Waals surface area contributed by atoms with Crippen molar-refractivity contribution in [2.24, 2.45) is 5.92 Å². The minimum atomic E-state index is -4.13. The predicted molar refractivity (Wildman–Crippen MR) is 162 cm³/mol. The average molecular weight is 624 g/mol. The van der Waals surface area contributed by atoms with Gasteiger partial charge in [0, 0.05) is 69.1 Å². The number of anilines is 2. The number of halogens is 1. The topological polar surface area (TPSA) is 121 Å². The average Bonchev–Trinajstić information content (AvgIpc) is 3.01. The summed E-state index contributed by atoms with van der Waals surface area (Å²) in [4.78, 5) is 43.4. The van der Waals surface area contributed by atoms with E-state index < -0.39 is 21.9 Å². The molecule has 0 aliphatic carbocycles. The van der Waals surface area contributed by atoms with E-state index in [-0.39, 0.29) is 40.5 Å². The minimum absolute atomic E-state index is 0.0237. The van der Waals surface area contributed by atoms with Crippen molar-refractivity contribution in [3.8, 4) is 0 Å². The zero-order valence-corrected chi connectivity index (χ0v) is 25.1. The highest BCUT2D eigenvalue weighted by molar-refractivity contribution is 7.92. The van der Waals surface area contributed by atoms with Crippen molar-refractivity contribution in [3.63, 3.8) is 0 Å². The van der Waals surface area contributed by atoms with E-state index in [0.717, 1.165) is 24.2 Å². The lowest BCUT2D eigenvalue weighted by Gasteiger charge is -2.44. The first kappa shape index (κ1) is 29.7. The molecule has 0 spiro atoms. The Morgan fingerprint density at radius 3 is 2.41 bits per heavy atom. The Balaban J connectivity index is 1.30. The normalized spacial score (nSPS) is 19.7. The Labute approximate surface area is 254 Å². The highest BCUT2D eigenvalue weighted by Crippen LogP contribution is 2.40. The highest BCUT2D eigenvalue weighted by Gasteiger charge is 2.36. The molecule has 1 aromatic heterocycles. The molecule has 2 atom stereocenters. The number of nitrogens with zero attached hydrogens (tertiary/aromatic N) is 4. The maximum Gasteiger partial charge on any atom is 0.409 e. The molecule has 11 nitrogen and oxygen atoms in total. The molecule has 6 rings (SSSR count). The summed E-state index contributed by atoms with van der Waals surface area (Å²) in [5, 5.41) is 0. The predicted octanol–water partition coefficient (Wildman–Crippen LogP) is 3.33. The van der Waals surface area contributed by atoms with Gasteiger partial charge in [-0.1, -0.05) is 6.07 Å². The van der Waals surface area contributed by atoms with Crippen LogP contribution in [-0.4, -0.2) is 80.7 Å². The molecule has 3 aliphatic rings. The van der Waals surface area contributed by atoms with E-state index in [1.807, 2.05) is 10.6 Å². The summed E-state index contributed by atoms with van der Waals surface area (Å²) in [5.74, 6) is -0.583. The number of aromatic nitrogens is 1. The van der Waals surface area contributed by atoms with E-state index in [1.165, 1.54) is 12.1 Å². The second kappa shape index (κ2) is 11.9. The number of nitrogens with one attached hydrogen (secondary N) is 1. The Bertz CT molecular complexity index is 1740. The first-order valence-electron chi connectivity index (χ1n) is 14.7. The van der Waals surface area contributed by atoms with Crippen LogP contribution in [0.15, 0.2) is 70.4 Å². The van der Waals surface area contributed by atoms with Gasteiger partial charge in [-0.15, -0.1) is 0 Å². The quantitative estimate of drug-likeness (QED) is 0.447. The van der Waals surface area contributed by atoms with Crippen LogP contribution in [0.25, 0.3) is 0 Å². The number of rotatable bonds is 6. The second-order valence-corrected chi connectivity index (χ2v) is 13.1. The fraction of sp³-hybridized carbons (Fsp3) is 0.387. The van der Waals surface area contributed by atoms with Gasteiger partial charge in [0.25, 0.3) is 21.5 Å². The number of piperidine rings is 1. The number of benzene rings is 2. The third-order valence-electron chi connectivity index (χ3n) is 8.53. The van der Waals surface area contributed by atoms with Crippen LogP contribution in [0.5, 0.6) is 0 Å². The number of fused-ring (bicyclic) bond motifs is 4. The van der Waals surface area contributed by atoms with Gasteiger partial charge < -0.3 is 24.0 Å². The van der Waals surface area contributed by atoms with E-state index in [2.05, 4.69) is 9.62 Å². The van der Waals surface area contributed by atoms with Crippen LogP contribution in [0.4, 0.5) is 20.6 Å². The first-order chi connectivity index (χ1) is 21.1. The first-order valence-corrected chi connectivity index (χ1v) is 16.2. The molecule has 2 amide bonds. The van der Waals surface area contributed by atoms with Gasteiger partial charge in [-0.05, 0) is 67.8 Å². The molecule has 13 heteroatoms. The molecular formula is C31H34FN5O6S. The maximum atomic E-state index is 13.6. The number of carbonyl (C=O) groups excluding carboxylic acids is 2. The third-order valence-corrected chi connectivity index (χ3v) is 9.91. The number of sulfonamides is 1. The highest BCUT2D eigenvalue weighted by atomic mass is 32.2. The van der Waals surface area contributed by atoms with Crippen molar-refractivity contribution < 1.29 is 27.1 Å². The molecule has 0 radical (unpaired) electrons. The number of ether oxygens (including phenoxy) is 1. The van der Waals surface area contributed by atoms with Gasteiger partial charge in [0.05, 0.1) is 22.9 Å². The summed E-state index contributed by atoms with van der Waals surface area (Å²) in [6.07, 6.45) is 0.505. The molecule has 3 aliphatic heterocycles. The van der Waals surface area contributed by atoms with Gasteiger partial charge >= 0.3 is 6.09 Å². The Kier molecular flexibility index (Phi) is 8.06. The van der Waals surface area contributed by atoms with E-state index in [9.17, 15) is 27.2 Å². The number of piperazine rings is 1. The van der Waals surface area contributed by atoms with Crippen molar-refractivity contribution in [2.75, 3.05) is 55.5 Å². The lowest BCUT2D eigenvalue weighted by Crippen LogP contribution is -2.50. The van der Waals surface area contributed by atoms with E-state index in [0.29, 0.717) is 57.1 Å². The zero-order chi connectivity index (χ0) is 31.0. The molecule has 44 heavy (non-hydrogen) atoms. The summed E-state index contributed by atoms with van der Waals surface area (Å²) in [5.41, 5.74) is 2.07. The SMILES string of the molecule is CCOC(=O)N1CCN(C(=O)c2ccc(N3CC4CC(C3)c3cccc(=O)n3C4)c(NS(=O)(=O)c3ccc(F)cc3)c2)CC1. The molecule has 2 bridgehead atoms. The van der Waals surface area contributed by atoms with E-state index in [4.69, 9.17) is 4.74 Å². The van der Waals surface area contributed by atoms with Gasteiger partial charge in [-0.2, -0.15) is 0 Å². The molecule has 4 heterocycles. The van der Waals surface area contributed by atoms with Crippen molar-refractivity contribution in [1.29, 1.82) is 0 Å². The van der Waals surface area contributed by atoms with E-state index in [1.54, 1.807) is 47.1 Å². The van der Waals surface area contributed by atoms with Gasteiger partial charge in [0.15, 0.2) is 0 Å². The second-order valence-electron chi connectivity index (χ2n) is 11.4. The van der Waals surface area contributed by atoms with Crippen molar-refractivity contribution >= 4 is 33.4 Å². The lowest BCUT2D eigenvalue weighted by atomic mass is 9.83. The summed E-state index contributed by atoms with van der Waals surface area (Å²) >= 11 is 0. The number of carbonyl (C=O) groups is 2. The van der Waals surface area contributed by atoms with Crippen LogP contribution >= 0.6 is 0 Å². The Morgan fingerprint density at radius 1 is 0.955 bits per heavy atom. The number of hydrogen-bond acceptors (Lipinski definition) is 7. The fourth-order valence-electron chi connectivity index (χ4n) is 6.43. The standard InChI is InChI=1S/C31H34FN5O6S/c1-2-43-31(40)35-14-12-34(13-15-35)30(39)22-6-11-28(26(17-22)33-44(41,42)25-9-7-24(32)8-10-25)36-18-21-16-23(20-36)27-4-3-5-29(38)37(27)19-21/h3-11,17,21,23,33H,2,12-16,18-20H2,1H3. The van der Waals surface area contributed by atoms with Crippen LogP contribution in [0.2, 0.25) is 0 Å². The summed E-state index contributed by atoms with van der Waals surface area (Å²) in [6, 6.07) is 14.8. The minimum Gasteiger partial charge on any atom is -0.450 e. The van der Waals surface area contributed by atoms with Crippen molar-refractivity contribution in [1.82, 2.24) is 14.4 Å². The van der Waals surface area contributed by atoms with Crippen LogP contribution in [0.3, 0.4) is 0 Å². The summed E-state index contributed by atoms with van der Waals surface area (Å²) in [7, 11) is -4.13. The molecule has 2 fully saturated rings. The Morgan fingerprint density at radius 2 is 1.68 bits per heavy atom. The smallest absolute Gasteiger partial charge is 0.409 e. The summed E-state index contributed by atoms with van der Waals surface area (Å²) < 4.78 is 50.0. The number of amides is 2. The molecule has 2 saturated heterocycles. The molecule has 0 saturated carbocycles. The largest absolute Gasteiger partial charge is 0.450 e. The third kappa shape index (κ3) is 5.88. The molecule has 3 aromatic rings. The molecule has 232 valence electrons. The lowest BCUT2D eigenvalue weighted by molar-refractivity contribution is 0.0570. The maximum absolute atomic E-state index is 13.6. The van der Waals surface area contributed by atoms with Crippen molar-refractivity contribution in [2.45, 2.75) is 30.7 Å². The van der Waals surface area contributed by atoms with Crippen molar-refractivity contribution in [3.05, 3.63) is 88.1 Å². The summed E-state index contributed by atoms with van der Waals surface area (Å²) in [6.45, 7) is 5.02. The molecule has 2 unspecified atom stereocenters. The fourth-order valence-corrected chi connectivity index (χ4v) is 7.49. The van der Waals surface area contributed by atoms with Crippen LogP contribution in [-0.2, 0) is 21.3 Å². The molecule has 1 N–H and O–H groups in total. The Hall–Kier alpha value is -4.39. The van der Waals surface area contributed by atoms with Gasteiger partial charge in [-0.25, -0.2) is 17.6 Å². The van der Waals surface area contributed by atoms with Gasteiger partial charge in [-0.3, -0.25) is 14.3 Å².